The van der Waals surface area contributed by atoms with Gasteiger partial charge in [0.15, 0.2) is 0 Å². The Balaban J connectivity index is 3.01. The standard InChI is InChI=1S/C10H16N2O2S2/c1-5(13)15-9-4-10(16-6(2)14)8(12)3-7(9)11/h3-6,13-14H,11-12H2,1-2H3. The molecule has 1 aromatic rings. The van der Waals surface area contributed by atoms with E-state index in [4.69, 9.17) is 11.5 Å². The van der Waals surface area contributed by atoms with Crippen molar-refractivity contribution >= 4 is 34.9 Å². The van der Waals surface area contributed by atoms with E-state index in [-0.39, 0.29) is 0 Å². The van der Waals surface area contributed by atoms with Gasteiger partial charge in [0.25, 0.3) is 0 Å². The number of nitrogens with two attached hydrogens (primary N) is 2. The third kappa shape index (κ3) is 3.79. The zero-order valence-corrected chi connectivity index (χ0v) is 10.8. The predicted octanol–water partition coefficient (Wildman–Crippen LogP) is 1.71. The number of thioether (sulfide) groups is 2. The van der Waals surface area contributed by atoms with E-state index in [1.54, 1.807) is 26.0 Å². The van der Waals surface area contributed by atoms with Crippen molar-refractivity contribution < 1.29 is 10.2 Å². The number of anilines is 2. The quantitative estimate of drug-likeness (QED) is 0.374. The number of hydrogen-bond acceptors (Lipinski definition) is 6. The summed E-state index contributed by atoms with van der Waals surface area (Å²) in [6, 6.07) is 3.44. The summed E-state index contributed by atoms with van der Waals surface area (Å²) < 4.78 is 0. The lowest BCUT2D eigenvalue weighted by molar-refractivity contribution is 0.284. The van der Waals surface area contributed by atoms with Crippen LogP contribution < -0.4 is 11.5 Å². The molecule has 0 aliphatic carbocycles. The second-order valence-corrected chi connectivity index (χ2v) is 6.08. The van der Waals surface area contributed by atoms with Gasteiger partial charge in [-0.3, -0.25) is 0 Å². The molecule has 0 fully saturated rings. The van der Waals surface area contributed by atoms with Gasteiger partial charge in [0.05, 0.1) is 0 Å². The monoisotopic (exact) mass is 260 g/mol. The summed E-state index contributed by atoms with van der Waals surface area (Å²) in [5, 5.41) is 18.6. The van der Waals surface area contributed by atoms with Crippen molar-refractivity contribution in [1.82, 2.24) is 0 Å². The minimum atomic E-state index is -0.532. The summed E-state index contributed by atoms with van der Waals surface area (Å²) in [7, 11) is 0. The second-order valence-electron chi connectivity index (χ2n) is 3.36. The van der Waals surface area contributed by atoms with Gasteiger partial charge >= 0.3 is 0 Å². The van der Waals surface area contributed by atoms with Crippen molar-refractivity contribution in [2.75, 3.05) is 11.5 Å². The molecule has 2 atom stereocenters. The summed E-state index contributed by atoms with van der Waals surface area (Å²) in [4.78, 5) is 1.54. The van der Waals surface area contributed by atoms with Crippen molar-refractivity contribution in [3.8, 4) is 0 Å². The highest BCUT2D eigenvalue weighted by Crippen LogP contribution is 2.36. The smallest absolute Gasteiger partial charge is 0.101 e. The van der Waals surface area contributed by atoms with Crippen LogP contribution in [0.3, 0.4) is 0 Å². The number of aliphatic hydroxyl groups is 2. The van der Waals surface area contributed by atoms with Crippen LogP contribution in [0.15, 0.2) is 21.9 Å². The van der Waals surface area contributed by atoms with E-state index < -0.39 is 10.9 Å². The minimum absolute atomic E-state index is 0.532. The molecular weight excluding hydrogens is 244 g/mol. The number of hydrogen-bond donors (Lipinski definition) is 4. The van der Waals surface area contributed by atoms with Gasteiger partial charge in [-0.1, -0.05) is 23.5 Å². The first-order valence-electron chi connectivity index (χ1n) is 4.78. The van der Waals surface area contributed by atoms with Gasteiger partial charge in [-0.15, -0.1) is 0 Å². The first-order chi connectivity index (χ1) is 7.40. The van der Waals surface area contributed by atoms with Crippen LogP contribution >= 0.6 is 23.5 Å². The van der Waals surface area contributed by atoms with Gasteiger partial charge in [-0.25, -0.2) is 0 Å². The number of benzene rings is 1. The van der Waals surface area contributed by atoms with E-state index in [1.807, 2.05) is 0 Å². The van der Waals surface area contributed by atoms with Crippen LogP contribution in [0, 0.1) is 0 Å². The molecule has 0 amide bonds. The van der Waals surface area contributed by atoms with Crippen molar-refractivity contribution in [3.63, 3.8) is 0 Å². The molecule has 6 N–H and O–H groups in total. The Kier molecular flexibility index (Phi) is 4.79. The largest absolute Gasteiger partial charge is 0.398 e. The SMILES string of the molecule is CC(O)Sc1cc(SC(C)O)c(N)cc1N. The van der Waals surface area contributed by atoms with Gasteiger partial charge in [-0.05, 0) is 26.0 Å². The van der Waals surface area contributed by atoms with E-state index in [9.17, 15) is 10.2 Å². The van der Waals surface area contributed by atoms with Gasteiger partial charge in [0, 0.05) is 21.2 Å². The fraction of sp³-hybridized carbons (Fsp3) is 0.400. The Bertz CT molecular complexity index is 339. The molecule has 0 radical (unpaired) electrons. The van der Waals surface area contributed by atoms with E-state index in [1.165, 1.54) is 23.5 Å². The van der Waals surface area contributed by atoms with E-state index in [0.29, 0.717) is 11.4 Å². The molecular formula is C10H16N2O2S2. The molecule has 0 aliphatic heterocycles. The fourth-order valence-corrected chi connectivity index (χ4v) is 2.74. The molecule has 6 heteroatoms. The van der Waals surface area contributed by atoms with Crippen LogP contribution in [0.25, 0.3) is 0 Å². The Morgan fingerprint density at radius 3 is 1.62 bits per heavy atom. The molecule has 0 saturated heterocycles. The van der Waals surface area contributed by atoms with Crippen molar-refractivity contribution in [3.05, 3.63) is 12.1 Å². The molecule has 2 unspecified atom stereocenters. The Hall–Kier alpha value is -0.560. The van der Waals surface area contributed by atoms with Crippen molar-refractivity contribution in [2.24, 2.45) is 0 Å². The summed E-state index contributed by atoms with van der Waals surface area (Å²) in [5.41, 5.74) is 11.6. The molecule has 1 rings (SSSR count). The maximum Gasteiger partial charge on any atom is 0.101 e. The van der Waals surface area contributed by atoms with Crippen LogP contribution in [0.4, 0.5) is 11.4 Å². The maximum absolute atomic E-state index is 9.29. The molecule has 0 saturated carbocycles. The lowest BCUT2D eigenvalue weighted by Gasteiger charge is -2.13. The van der Waals surface area contributed by atoms with Crippen LogP contribution in [0.2, 0.25) is 0 Å². The molecule has 0 bridgehead atoms. The molecule has 0 aromatic heterocycles. The number of aliphatic hydroxyl groups excluding tert-OH is 2. The zero-order valence-electron chi connectivity index (χ0n) is 9.18. The first-order valence-corrected chi connectivity index (χ1v) is 6.54. The third-order valence-corrected chi connectivity index (χ3v) is 3.63. The number of rotatable bonds is 4. The summed E-state index contributed by atoms with van der Waals surface area (Å²) in [6.07, 6.45) is 0. The third-order valence-electron chi connectivity index (χ3n) is 1.74. The molecule has 0 aliphatic rings. The molecule has 90 valence electrons. The van der Waals surface area contributed by atoms with Crippen molar-refractivity contribution in [1.29, 1.82) is 0 Å². The maximum atomic E-state index is 9.29. The normalized spacial score (nSPS) is 14.8. The summed E-state index contributed by atoms with van der Waals surface area (Å²) in [6.45, 7) is 3.34. The Labute approximate surface area is 103 Å². The topological polar surface area (TPSA) is 92.5 Å². The van der Waals surface area contributed by atoms with E-state index in [0.717, 1.165) is 9.79 Å². The average Bonchev–Trinajstić information content (AvgIpc) is 2.11. The number of nitrogen functional groups attached to an aromatic ring is 2. The van der Waals surface area contributed by atoms with E-state index in [2.05, 4.69) is 0 Å². The van der Waals surface area contributed by atoms with Gasteiger partial charge in [0.2, 0.25) is 0 Å². The highest BCUT2D eigenvalue weighted by atomic mass is 32.2. The van der Waals surface area contributed by atoms with Crippen LogP contribution in [0.5, 0.6) is 0 Å². The fourth-order valence-electron chi connectivity index (χ4n) is 1.17. The summed E-state index contributed by atoms with van der Waals surface area (Å²) >= 11 is 2.51. The summed E-state index contributed by atoms with van der Waals surface area (Å²) in [5.74, 6) is 0. The highest BCUT2D eigenvalue weighted by Gasteiger charge is 2.10. The van der Waals surface area contributed by atoms with Gasteiger partial charge in [-0.2, -0.15) is 0 Å². The molecule has 1 aromatic carbocycles. The van der Waals surface area contributed by atoms with Crippen LogP contribution in [-0.2, 0) is 0 Å². The zero-order chi connectivity index (χ0) is 12.3. The van der Waals surface area contributed by atoms with E-state index >= 15 is 0 Å². The molecule has 0 heterocycles. The van der Waals surface area contributed by atoms with Crippen LogP contribution in [-0.4, -0.2) is 21.1 Å². The molecule has 4 nitrogen and oxygen atoms in total. The van der Waals surface area contributed by atoms with Crippen LogP contribution in [0.1, 0.15) is 13.8 Å². The highest BCUT2D eigenvalue weighted by molar-refractivity contribution is 8.00. The Morgan fingerprint density at radius 2 is 1.31 bits per heavy atom. The average molecular weight is 260 g/mol. The van der Waals surface area contributed by atoms with Gasteiger partial charge < -0.3 is 21.7 Å². The lowest BCUT2D eigenvalue weighted by atomic mass is 10.3. The predicted molar refractivity (Wildman–Crippen MR) is 70.3 cm³/mol. The first kappa shape index (κ1) is 13.5. The van der Waals surface area contributed by atoms with Gasteiger partial charge in [0.1, 0.15) is 10.9 Å². The molecule has 0 spiro atoms. The second kappa shape index (κ2) is 5.67. The Morgan fingerprint density at radius 1 is 0.938 bits per heavy atom. The molecule has 16 heavy (non-hydrogen) atoms. The minimum Gasteiger partial charge on any atom is -0.398 e. The lowest BCUT2D eigenvalue weighted by Crippen LogP contribution is -2.00. The van der Waals surface area contributed by atoms with Crippen molar-refractivity contribution in [2.45, 2.75) is 34.5 Å².